The first-order chi connectivity index (χ1) is 11.1. The van der Waals surface area contributed by atoms with E-state index in [0.29, 0.717) is 21.6 Å². The van der Waals surface area contributed by atoms with Crippen molar-refractivity contribution < 1.29 is 9.90 Å². The highest BCUT2D eigenvalue weighted by Gasteiger charge is 2.14. The van der Waals surface area contributed by atoms with E-state index < -0.39 is 5.97 Å². The molecule has 4 aromatic rings. The third-order valence-electron chi connectivity index (χ3n) is 3.68. The summed E-state index contributed by atoms with van der Waals surface area (Å²) < 4.78 is 1.15. The molecule has 4 rings (SSSR count). The van der Waals surface area contributed by atoms with Crippen LogP contribution in [0.15, 0.2) is 54.6 Å². The zero-order valence-electron chi connectivity index (χ0n) is 11.8. The Morgan fingerprint density at radius 2 is 1.91 bits per heavy atom. The fraction of sp³-hybridized carbons (Fsp3) is 0. The van der Waals surface area contributed by atoms with Gasteiger partial charge in [0.15, 0.2) is 0 Å². The standard InChI is InChI=1S/C18H10ClNO2S/c19-11-5-6-14-12(8-11)13(18(21)22)9-15(20-14)17-7-10-3-1-2-4-16(10)23-17/h1-9H,(H,21,22). The number of thiophene rings is 1. The second kappa shape index (κ2) is 5.33. The number of aromatic carboxylic acids is 1. The monoisotopic (exact) mass is 339 g/mol. The Labute approximate surface area is 140 Å². The van der Waals surface area contributed by atoms with E-state index in [1.54, 1.807) is 35.6 Å². The number of carbonyl (C=O) groups is 1. The number of carboxylic acids is 1. The molecule has 0 aliphatic heterocycles. The molecule has 0 bridgehead atoms. The summed E-state index contributed by atoms with van der Waals surface area (Å²) in [6, 6.07) is 16.8. The van der Waals surface area contributed by atoms with Crippen molar-refractivity contribution in [1.29, 1.82) is 0 Å². The van der Waals surface area contributed by atoms with Crippen LogP contribution in [0.1, 0.15) is 10.4 Å². The minimum atomic E-state index is -0.984. The lowest BCUT2D eigenvalue weighted by atomic mass is 10.1. The van der Waals surface area contributed by atoms with Crippen molar-refractivity contribution in [1.82, 2.24) is 4.98 Å². The number of benzene rings is 2. The van der Waals surface area contributed by atoms with E-state index in [2.05, 4.69) is 4.98 Å². The Kier molecular flexibility index (Phi) is 3.29. The molecule has 2 heterocycles. The number of nitrogens with zero attached hydrogens (tertiary/aromatic N) is 1. The fourth-order valence-electron chi connectivity index (χ4n) is 2.61. The largest absolute Gasteiger partial charge is 0.478 e. The molecule has 2 aromatic heterocycles. The normalized spacial score (nSPS) is 11.2. The Morgan fingerprint density at radius 3 is 2.70 bits per heavy atom. The molecule has 3 nitrogen and oxygen atoms in total. The quantitative estimate of drug-likeness (QED) is 0.527. The number of rotatable bonds is 2. The molecule has 0 atom stereocenters. The van der Waals surface area contributed by atoms with Crippen LogP contribution in [0.5, 0.6) is 0 Å². The summed E-state index contributed by atoms with van der Waals surface area (Å²) in [6.07, 6.45) is 0. The van der Waals surface area contributed by atoms with E-state index in [1.165, 1.54) is 0 Å². The van der Waals surface area contributed by atoms with E-state index in [4.69, 9.17) is 11.6 Å². The van der Waals surface area contributed by atoms with E-state index in [-0.39, 0.29) is 5.56 Å². The molecule has 5 heteroatoms. The van der Waals surface area contributed by atoms with Crippen LogP contribution in [0.25, 0.3) is 31.6 Å². The third kappa shape index (κ3) is 2.46. The van der Waals surface area contributed by atoms with Crippen molar-refractivity contribution in [2.45, 2.75) is 0 Å². The minimum Gasteiger partial charge on any atom is -0.478 e. The Balaban J connectivity index is 2.00. The van der Waals surface area contributed by atoms with Crippen LogP contribution in [0, 0.1) is 0 Å². The van der Waals surface area contributed by atoms with Gasteiger partial charge in [-0.15, -0.1) is 11.3 Å². The number of carboxylic acid groups (broad SMARTS) is 1. The van der Waals surface area contributed by atoms with Gasteiger partial charge in [0.2, 0.25) is 0 Å². The number of hydrogen-bond donors (Lipinski definition) is 1. The molecule has 0 radical (unpaired) electrons. The molecule has 1 N–H and O–H groups in total. The number of hydrogen-bond acceptors (Lipinski definition) is 3. The van der Waals surface area contributed by atoms with Crippen molar-refractivity contribution >= 4 is 49.9 Å². The highest BCUT2D eigenvalue weighted by molar-refractivity contribution is 7.22. The molecular formula is C18H10ClNO2S. The van der Waals surface area contributed by atoms with Crippen molar-refractivity contribution in [3.05, 3.63) is 65.2 Å². The summed E-state index contributed by atoms with van der Waals surface area (Å²) in [5.74, 6) is -0.984. The van der Waals surface area contributed by atoms with E-state index in [1.807, 2.05) is 30.3 Å². The van der Waals surface area contributed by atoms with Gasteiger partial charge in [0, 0.05) is 15.1 Å². The van der Waals surface area contributed by atoms with Gasteiger partial charge in [0.05, 0.1) is 21.7 Å². The summed E-state index contributed by atoms with van der Waals surface area (Å²) in [7, 11) is 0. The first-order valence-corrected chi connectivity index (χ1v) is 8.14. The van der Waals surface area contributed by atoms with E-state index in [9.17, 15) is 9.90 Å². The van der Waals surface area contributed by atoms with Gasteiger partial charge in [-0.05, 0) is 41.8 Å². The summed E-state index contributed by atoms with van der Waals surface area (Å²) in [4.78, 5) is 17.2. The minimum absolute atomic E-state index is 0.213. The predicted octanol–water partition coefficient (Wildman–Crippen LogP) is 5.47. The molecule has 0 aliphatic carbocycles. The van der Waals surface area contributed by atoms with Gasteiger partial charge in [0.1, 0.15) is 0 Å². The van der Waals surface area contributed by atoms with Gasteiger partial charge in [0.25, 0.3) is 0 Å². The van der Waals surface area contributed by atoms with Gasteiger partial charge in [-0.25, -0.2) is 9.78 Å². The second-order valence-corrected chi connectivity index (χ2v) is 6.69. The van der Waals surface area contributed by atoms with Crippen LogP contribution in [0.3, 0.4) is 0 Å². The average molecular weight is 340 g/mol. The average Bonchev–Trinajstić information content (AvgIpc) is 2.97. The van der Waals surface area contributed by atoms with Gasteiger partial charge in [-0.2, -0.15) is 0 Å². The number of pyridine rings is 1. The highest BCUT2D eigenvalue weighted by atomic mass is 35.5. The van der Waals surface area contributed by atoms with Gasteiger partial charge >= 0.3 is 5.97 Å². The Bertz CT molecular complexity index is 1040. The number of aromatic nitrogens is 1. The molecule has 0 amide bonds. The van der Waals surface area contributed by atoms with Crippen LogP contribution < -0.4 is 0 Å². The van der Waals surface area contributed by atoms with E-state index >= 15 is 0 Å². The second-order valence-electron chi connectivity index (χ2n) is 5.17. The summed E-state index contributed by atoms with van der Waals surface area (Å²) >= 11 is 7.59. The Morgan fingerprint density at radius 1 is 1.09 bits per heavy atom. The summed E-state index contributed by atoms with van der Waals surface area (Å²) in [5.41, 5.74) is 1.50. The maximum absolute atomic E-state index is 11.6. The van der Waals surface area contributed by atoms with Crippen LogP contribution >= 0.6 is 22.9 Å². The molecule has 0 saturated carbocycles. The van der Waals surface area contributed by atoms with Crippen LogP contribution in [0.2, 0.25) is 5.02 Å². The Hall–Kier alpha value is -2.43. The number of fused-ring (bicyclic) bond motifs is 2. The molecule has 112 valence electrons. The molecule has 2 aromatic carbocycles. The third-order valence-corrected chi connectivity index (χ3v) is 5.05. The van der Waals surface area contributed by atoms with Crippen molar-refractivity contribution in [2.75, 3.05) is 0 Å². The molecule has 0 saturated heterocycles. The van der Waals surface area contributed by atoms with E-state index in [0.717, 1.165) is 15.0 Å². The fourth-order valence-corrected chi connectivity index (χ4v) is 3.80. The highest BCUT2D eigenvalue weighted by Crippen LogP contribution is 2.34. The SMILES string of the molecule is O=C(O)c1cc(-c2cc3ccccc3s2)nc2ccc(Cl)cc12. The van der Waals surface area contributed by atoms with Crippen molar-refractivity contribution in [2.24, 2.45) is 0 Å². The first-order valence-electron chi connectivity index (χ1n) is 6.94. The van der Waals surface area contributed by atoms with Gasteiger partial charge in [-0.3, -0.25) is 0 Å². The first kappa shape index (κ1) is 14.2. The predicted molar refractivity (Wildman–Crippen MR) is 94.5 cm³/mol. The maximum atomic E-state index is 11.6. The van der Waals surface area contributed by atoms with Crippen LogP contribution in [-0.2, 0) is 0 Å². The lowest BCUT2D eigenvalue weighted by Gasteiger charge is -2.06. The molecule has 0 aliphatic rings. The molecular weight excluding hydrogens is 330 g/mol. The molecule has 23 heavy (non-hydrogen) atoms. The van der Waals surface area contributed by atoms with Crippen molar-refractivity contribution in [3.63, 3.8) is 0 Å². The zero-order chi connectivity index (χ0) is 16.0. The zero-order valence-corrected chi connectivity index (χ0v) is 13.4. The molecule has 0 spiro atoms. The van der Waals surface area contributed by atoms with Crippen molar-refractivity contribution in [3.8, 4) is 10.6 Å². The lowest BCUT2D eigenvalue weighted by Crippen LogP contribution is -1.99. The molecule has 0 fully saturated rings. The summed E-state index contributed by atoms with van der Waals surface area (Å²) in [5, 5.41) is 11.7. The van der Waals surface area contributed by atoms with Crippen LogP contribution in [0.4, 0.5) is 0 Å². The number of halogens is 1. The molecule has 0 unspecified atom stereocenters. The maximum Gasteiger partial charge on any atom is 0.336 e. The topological polar surface area (TPSA) is 50.2 Å². The van der Waals surface area contributed by atoms with Gasteiger partial charge in [-0.1, -0.05) is 29.8 Å². The van der Waals surface area contributed by atoms with Gasteiger partial charge < -0.3 is 5.11 Å². The smallest absolute Gasteiger partial charge is 0.336 e. The lowest BCUT2D eigenvalue weighted by molar-refractivity contribution is 0.0699. The summed E-state index contributed by atoms with van der Waals surface area (Å²) in [6.45, 7) is 0. The van der Waals surface area contributed by atoms with Crippen LogP contribution in [-0.4, -0.2) is 16.1 Å².